The third kappa shape index (κ3) is 2.12. The van der Waals surface area contributed by atoms with Crippen LogP contribution in [0.15, 0.2) is 71.5 Å². The summed E-state index contributed by atoms with van der Waals surface area (Å²) in [4.78, 5) is 12.3. The number of hydrogen-bond donors (Lipinski definition) is 0. The Morgan fingerprint density at radius 3 is 2.00 bits per heavy atom. The minimum atomic E-state index is 0.546. The summed E-state index contributed by atoms with van der Waals surface area (Å²) >= 11 is 0. The van der Waals surface area contributed by atoms with Gasteiger partial charge in [-0.2, -0.15) is 0 Å². The summed E-state index contributed by atoms with van der Waals surface area (Å²) in [6.45, 7) is 1.76. The predicted molar refractivity (Wildman–Crippen MR) is 77.8 cm³/mol. The van der Waals surface area contributed by atoms with Crippen molar-refractivity contribution in [1.82, 2.24) is 5.53 Å². The van der Waals surface area contributed by atoms with Crippen molar-refractivity contribution >= 4 is 11.3 Å². The average Bonchev–Trinajstić information content (AvgIpc) is 2.51. The summed E-state index contributed by atoms with van der Waals surface area (Å²) in [6, 6.07) is 19.5. The highest BCUT2D eigenvalue weighted by atomic mass is 16.3. The molecule has 4 heteroatoms. The Labute approximate surface area is 117 Å². The van der Waals surface area contributed by atoms with E-state index in [1.54, 1.807) is 6.92 Å². The molecule has 1 aliphatic heterocycles. The molecule has 0 spiro atoms. The standard InChI is InChI=1S/C16H13N3O/c1-12-15(13-8-4-2-5-9-13)16(17-18-19(12)20)14-10-6-3-7-11-14/h2-11H,1H3/q+1. The van der Waals surface area contributed by atoms with E-state index in [-0.39, 0.29) is 0 Å². The molecule has 2 aromatic rings. The van der Waals surface area contributed by atoms with Gasteiger partial charge in [0.05, 0.1) is 10.7 Å². The first-order valence-corrected chi connectivity index (χ1v) is 6.35. The van der Waals surface area contributed by atoms with Gasteiger partial charge in [0.1, 0.15) is 4.87 Å². The van der Waals surface area contributed by atoms with Crippen LogP contribution in [0.5, 0.6) is 0 Å². The highest BCUT2D eigenvalue weighted by Gasteiger charge is 2.31. The molecule has 0 amide bonds. The fourth-order valence-electron chi connectivity index (χ4n) is 2.22. The minimum Gasteiger partial charge on any atom is -0.0622 e. The molecule has 0 bridgehead atoms. The number of allylic oxidation sites excluding steroid dienone is 2. The zero-order chi connectivity index (χ0) is 13.9. The lowest BCUT2D eigenvalue weighted by atomic mass is 9.94. The molecule has 2 aromatic carbocycles. The highest BCUT2D eigenvalue weighted by Crippen LogP contribution is 2.26. The fourth-order valence-corrected chi connectivity index (χ4v) is 2.22. The Balaban J connectivity index is 2.17. The first-order chi connectivity index (χ1) is 9.77. The quantitative estimate of drug-likeness (QED) is 0.768. The van der Waals surface area contributed by atoms with Gasteiger partial charge in [-0.05, 0) is 10.5 Å². The van der Waals surface area contributed by atoms with Crippen LogP contribution in [0.4, 0.5) is 0 Å². The van der Waals surface area contributed by atoms with Crippen LogP contribution >= 0.6 is 0 Å². The van der Waals surface area contributed by atoms with Gasteiger partial charge in [-0.25, -0.2) is 0 Å². The van der Waals surface area contributed by atoms with E-state index in [2.05, 4.69) is 10.6 Å². The van der Waals surface area contributed by atoms with E-state index in [9.17, 15) is 4.91 Å². The van der Waals surface area contributed by atoms with E-state index in [0.29, 0.717) is 10.6 Å². The molecule has 0 unspecified atom stereocenters. The smallest absolute Gasteiger partial charge is 0.0622 e. The van der Waals surface area contributed by atoms with Gasteiger partial charge < -0.3 is 0 Å². The molecule has 97 valence electrons. The van der Waals surface area contributed by atoms with Gasteiger partial charge in [0.15, 0.2) is 11.2 Å². The van der Waals surface area contributed by atoms with Crippen LogP contribution < -0.4 is 5.53 Å². The Kier molecular flexibility index (Phi) is 3.13. The van der Waals surface area contributed by atoms with Crippen molar-refractivity contribution in [2.24, 2.45) is 5.10 Å². The van der Waals surface area contributed by atoms with E-state index < -0.39 is 0 Å². The maximum absolute atomic E-state index is 11.7. The second-order valence-corrected chi connectivity index (χ2v) is 4.50. The second kappa shape index (κ2) is 5.09. The van der Waals surface area contributed by atoms with Crippen molar-refractivity contribution < 1.29 is 4.87 Å². The van der Waals surface area contributed by atoms with Crippen molar-refractivity contribution in [2.45, 2.75) is 6.92 Å². The molecular weight excluding hydrogens is 250 g/mol. The second-order valence-electron chi connectivity index (χ2n) is 4.50. The monoisotopic (exact) mass is 263 g/mol. The molecule has 0 saturated heterocycles. The van der Waals surface area contributed by atoms with Crippen LogP contribution in [-0.4, -0.2) is 10.6 Å². The fraction of sp³-hybridized carbons (Fsp3) is 0.0625. The summed E-state index contributed by atoms with van der Waals surface area (Å²) < 4.78 is 0. The largest absolute Gasteiger partial charge is 0.222 e. The van der Waals surface area contributed by atoms with Gasteiger partial charge in [0.2, 0.25) is 5.71 Å². The van der Waals surface area contributed by atoms with E-state index in [1.807, 2.05) is 60.7 Å². The van der Waals surface area contributed by atoms with Crippen LogP contribution in [0, 0.1) is 4.91 Å². The van der Waals surface area contributed by atoms with Gasteiger partial charge in [-0.1, -0.05) is 60.7 Å². The Hall–Kier alpha value is -2.75. The lowest BCUT2D eigenvalue weighted by Gasteiger charge is -2.10. The van der Waals surface area contributed by atoms with E-state index in [1.165, 1.54) is 0 Å². The summed E-state index contributed by atoms with van der Waals surface area (Å²) in [5, 5.41) is 4.09. The first kappa shape index (κ1) is 12.3. The van der Waals surface area contributed by atoms with Crippen molar-refractivity contribution in [2.75, 3.05) is 0 Å². The molecule has 20 heavy (non-hydrogen) atoms. The number of benzene rings is 2. The average molecular weight is 263 g/mol. The molecular formula is C16H13N3O+. The molecule has 0 aromatic heterocycles. The van der Waals surface area contributed by atoms with E-state index >= 15 is 0 Å². The highest BCUT2D eigenvalue weighted by molar-refractivity contribution is 6.32. The lowest BCUT2D eigenvalue weighted by Crippen LogP contribution is -2.24. The zero-order valence-corrected chi connectivity index (χ0v) is 11.0. The van der Waals surface area contributed by atoms with Gasteiger partial charge >= 0.3 is 0 Å². The summed E-state index contributed by atoms with van der Waals surface area (Å²) in [5.74, 6) is 0. The number of rotatable bonds is 2. The molecule has 0 saturated carbocycles. The Morgan fingerprint density at radius 2 is 1.40 bits per heavy atom. The Morgan fingerprint density at radius 1 is 0.850 bits per heavy atom. The minimum absolute atomic E-state index is 0.546. The number of nitroso groups, excluding NO2 is 1. The van der Waals surface area contributed by atoms with Crippen molar-refractivity contribution in [1.29, 1.82) is 0 Å². The molecule has 1 heterocycles. The number of hydrogen-bond acceptors (Lipinski definition) is 2. The van der Waals surface area contributed by atoms with Gasteiger partial charge in [0.25, 0.3) is 0 Å². The lowest BCUT2D eigenvalue weighted by molar-refractivity contribution is -0.567. The maximum Gasteiger partial charge on any atom is 0.222 e. The SMILES string of the molecule is CC1=C(c2ccccc2)C(c2ccccc2)=N[N][N+]1=O. The first-order valence-electron chi connectivity index (χ1n) is 6.35. The molecule has 3 rings (SSSR count). The summed E-state index contributed by atoms with van der Waals surface area (Å²) in [5.41, 5.74) is 7.65. The Bertz CT molecular complexity index is 703. The van der Waals surface area contributed by atoms with E-state index in [4.69, 9.17) is 0 Å². The van der Waals surface area contributed by atoms with Crippen LogP contribution in [0.25, 0.3) is 5.57 Å². The molecule has 0 atom stereocenters. The molecule has 1 radical (unpaired) electrons. The van der Waals surface area contributed by atoms with E-state index in [0.717, 1.165) is 22.4 Å². The van der Waals surface area contributed by atoms with Gasteiger partial charge in [-0.3, -0.25) is 0 Å². The van der Waals surface area contributed by atoms with Crippen LogP contribution in [0.1, 0.15) is 18.1 Å². The third-order valence-electron chi connectivity index (χ3n) is 3.22. The molecule has 4 nitrogen and oxygen atoms in total. The van der Waals surface area contributed by atoms with Crippen LogP contribution in [0.3, 0.4) is 0 Å². The normalized spacial score (nSPS) is 14.8. The van der Waals surface area contributed by atoms with Crippen LogP contribution in [-0.2, 0) is 0 Å². The summed E-state index contributed by atoms with van der Waals surface area (Å²) in [6.07, 6.45) is 0. The molecule has 0 N–H and O–H groups in total. The van der Waals surface area contributed by atoms with Crippen molar-refractivity contribution in [3.05, 3.63) is 82.4 Å². The van der Waals surface area contributed by atoms with Crippen molar-refractivity contribution in [3.8, 4) is 0 Å². The summed E-state index contributed by atoms with van der Waals surface area (Å²) in [7, 11) is 0. The molecule has 1 aliphatic rings. The molecule has 0 fully saturated rings. The number of nitrogens with zero attached hydrogens (tertiary/aromatic N) is 3. The third-order valence-corrected chi connectivity index (χ3v) is 3.22. The van der Waals surface area contributed by atoms with Crippen molar-refractivity contribution in [3.63, 3.8) is 0 Å². The predicted octanol–water partition coefficient (Wildman–Crippen LogP) is 3.13. The molecule has 0 aliphatic carbocycles. The van der Waals surface area contributed by atoms with Crippen LogP contribution in [0.2, 0.25) is 0 Å². The van der Waals surface area contributed by atoms with Gasteiger partial charge in [-0.15, -0.1) is 0 Å². The topological polar surface area (TPSA) is 46.5 Å². The zero-order valence-electron chi connectivity index (χ0n) is 11.0. The van der Waals surface area contributed by atoms with Gasteiger partial charge in [0, 0.05) is 12.5 Å². The maximum atomic E-state index is 11.7.